The minimum absolute atomic E-state index is 0.181. The molecular formula is C17H22N4O. The number of nitrogens with zero attached hydrogens (tertiary/aromatic N) is 3. The number of fused-ring (bicyclic) bond motifs is 1. The summed E-state index contributed by atoms with van der Waals surface area (Å²) in [5, 5.41) is 12.0. The second-order valence-electron chi connectivity index (χ2n) is 5.86. The summed E-state index contributed by atoms with van der Waals surface area (Å²) >= 11 is 0. The van der Waals surface area contributed by atoms with Gasteiger partial charge in [-0.15, -0.1) is 0 Å². The molecule has 0 aliphatic carbocycles. The lowest BCUT2D eigenvalue weighted by Gasteiger charge is -2.33. The van der Waals surface area contributed by atoms with E-state index in [0.29, 0.717) is 19.4 Å². The maximum absolute atomic E-state index is 12.2. The number of nitrogens with one attached hydrogen (secondary N) is 1. The molecule has 5 nitrogen and oxygen atoms in total. The van der Waals surface area contributed by atoms with Gasteiger partial charge in [0.05, 0.1) is 6.07 Å². The van der Waals surface area contributed by atoms with Crippen LogP contribution in [0, 0.1) is 11.3 Å². The summed E-state index contributed by atoms with van der Waals surface area (Å²) in [6, 6.07) is 8.59. The van der Waals surface area contributed by atoms with Crippen molar-refractivity contribution in [2.75, 3.05) is 42.5 Å². The topological polar surface area (TPSA) is 59.4 Å². The second kappa shape index (κ2) is 6.80. The molecule has 0 aromatic heterocycles. The first-order chi connectivity index (χ1) is 10.8. The maximum atomic E-state index is 12.2. The summed E-state index contributed by atoms with van der Waals surface area (Å²) in [5.74, 6) is 0.181. The lowest BCUT2D eigenvalue weighted by atomic mass is 9.99. The second-order valence-corrected chi connectivity index (χ2v) is 5.86. The third-order valence-electron chi connectivity index (χ3n) is 4.42. The average molecular weight is 298 g/mol. The largest absolute Gasteiger partial charge is 0.369 e. The smallest absolute Gasteiger partial charge is 0.227 e. The molecule has 1 N–H and O–H groups in total. The number of hydrogen-bond acceptors (Lipinski definition) is 4. The van der Waals surface area contributed by atoms with Crippen LogP contribution >= 0.6 is 0 Å². The number of carbonyl (C=O) groups excluding carboxylic acids is 1. The van der Waals surface area contributed by atoms with Crippen LogP contribution in [0.5, 0.6) is 0 Å². The van der Waals surface area contributed by atoms with Gasteiger partial charge in [-0.2, -0.15) is 5.26 Å². The number of piperazine rings is 1. The molecule has 0 radical (unpaired) electrons. The molecule has 0 spiro atoms. The zero-order valence-electron chi connectivity index (χ0n) is 12.8. The Hall–Kier alpha value is -2.06. The van der Waals surface area contributed by atoms with E-state index in [1.807, 2.05) is 4.90 Å². The summed E-state index contributed by atoms with van der Waals surface area (Å²) in [6.07, 6.45) is 2.63. The summed E-state index contributed by atoms with van der Waals surface area (Å²) < 4.78 is 0. The van der Waals surface area contributed by atoms with Crippen molar-refractivity contribution in [2.45, 2.75) is 25.7 Å². The Labute approximate surface area is 131 Å². The van der Waals surface area contributed by atoms with E-state index in [2.05, 4.69) is 34.5 Å². The van der Waals surface area contributed by atoms with Crippen LogP contribution in [0.25, 0.3) is 0 Å². The number of unbranched alkanes of at least 4 members (excludes halogenated alkanes) is 1. The third kappa shape index (κ3) is 3.07. The van der Waals surface area contributed by atoms with Gasteiger partial charge in [-0.1, -0.05) is 0 Å². The first-order valence-electron chi connectivity index (χ1n) is 8.05. The molecule has 2 heterocycles. The predicted octanol–water partition coefficient (Wildman–Crippen LogP) is 1.68. The predicted molar refractivity (Wildman–Crippen MR) is 87.0 cm³/mol. The van der Waals surface area contributed by atoms with E-state index in [-0.39, 0.29) is 5.91 Å². The van der Waals surface area contributed by atoms with Gasteiger partial charge >= 0.3 is 0 Å². The highest BCUT2D eigenvalue weighted by Gasteiger charge is 2.24. The van der Waals surface area contributed by atoms with Crippen LogP contribution in [0.4, 0.5) is 11.4 Å². The summed E-state index contributed by atoms with van der Waals surface area (Å²) in [5.41, 5.74) is 3.55. The molecule has 22 heavy (non-hydrogen) atoms. The van der Waals surface area contributed by atoms with Crippen molar-refractivity contribution < 1.29 is 4.79 Å². The lowest BCUT2D eigenvalue weighted by molar-refractivity contribution is -0.118. The molecule has 116 valence electrons. The maximum Gasteiger partial charge on any atom is 0.227 e. The van der Waals surface area contributed by atoms with Gasteiger partial charge in [0.2, 0.25) is 5.91 Å². The van der Waals surface area contributed by atoms with Gasteiger partial charge < -0.3 is 15.1 Å². The zero-order valence-corrected chi connectivity index (χ0v) is 12.8. The highest BCUT2D eigenvalue weighted by Crippen LogP contribution is 2.31. The molecule has 0 saturated carbocycles. The van der Waals surface area contributed by atoms with E-state index in [1.54, 1.807) is 0 Å². The monoisotopic (exact) mass is 298 g/mol. The van der Waals surface area contributed by atoms with E-state index in [4.69, 9.17) is 5.26 Å². The molecule has 1 fully saturated rings. The Morgan fingerprint density at radius 2 is 2.05 bits per heavy atom. The van der Waals surface area contributed by atoms with E-state index >= 15 is 0 Å². The van der Waals surface area contributed by atoms with Crippen LogP contribution in [0.2, 0.25) is 0 Å². The molecule has 0 bridgehead atoms. The number of rotatable bonds is 4. The van der Waals surface area contributed by atoms with Gasteiger partial charge in [0.15, 0.2) is 0 Å². The fraction of sp³-hybridized carbons (Fsp3) is 0.529. The number of anilines is 2. The van der Waals surface area contributed by atoms with Crippen molar-refractivity contribution in [2.24, 2.45) is 0 Å². The molecule has 1 aromatic rings. The quantitative estimate of drug-likeness (QED) is 0.859. The van der Waals surface area contributed by atoms with Crippen LogP contribution in [0.3, 0.4) is 0 Å². The van der Waals surface area contributed by atoms with Gasteiger partial charge in [-0.3, -0.25) is 4.79 Å². The van der Waals surface area contributed by atoms with E-state index in [1.165, 1.54) is 11.3 Å². The number of aryl methyl sites for hydroxylation is 1. The highest BCUT2D eigenvalue weighted by molar-refractivity contribution is 5.96. The van der Waals surface area contributed by atoms with Crippen LogP contribution in [0.15, 0.2) is 18.2 Å². The van der Waals surface area contributed by atoms with Crippen molar-refractivity contribution in [3.05, 3.63) is 23.8 Å². The van der Waals surface area contributed by atoms with Gasteiger partial charge in [-0.25, -0.2) is 0 Å². The number of carbonyl (C=O) groups is 1. The Morgan fingerprint density at radius 1 is 1.23 bits per heavy atom. The Balaban J connectivity index is 1.79. The van der Waals surface area contributed by atoms with Crippen LogP contribution < -0.4 is 15.1 Å². The van der Waals surface area contributed by atoms with Crippen LogP contribution in [-0.2, 0) is 11.2 Å². The SMILES string of the molecule is N#CCCCN1C(=O)CCc2cc(N3CCNCC3)ccc21. The molecule has 5 heteroatoms. The minimum Gasteiger partial charge on any atom is -0.369 e. The van der Waals surface area contributed by atoms with Gasteiger partial charge in [0.1, 0.15) is 0 Å². The molecule has 0 unspecified atom stereocenters. The molecule has 1 aromatic carbocycles. The van der Waals surface area contributed by atoms with E-state index < -0.39 is 0 Å². The zero-order chi connectivity index (χ0) is 15.4. The fourth-order valence-corrected chi connectivity index (χ4v) is 3.23. The van der Waals surface area contributed by atoms with E-state index in [0.717, 1.165) is 44.7 Å². The molecule has 2 aliphatic heterocycles. The van der Waals surface area contributed by atoms with E-state index in [9.17, 15) is 4.79 Å². The summed E-state index contributed by atoms with van der Waals surface area (Å²) in [6.45, 7) is 4.76. The molecular weight excluding hydrogens is 276 g/mol. The number of hydrogen-bond donors (Lipinski definition) is 1. The third-order valence-corrected chi connectivity index (χ3v) is 4.42. The summed E-state index contributed by atoms with van der Waals surface area (Å²) in [7, 11) is 0. The van der Waals surface area contributed by atoms with Crippen molar-refractivity contribution in [3.8, 4) is 6.07 Å². The van der Waals surface area contributed by atoms with Crippen molar-refractivity contribution >= 4 is 17.3 Å². The van der Waals surface area contributed by atoms with Crippen molar-refractivity contribution in [3.63, 3.8) is 0 Å². The molecule has 0 atom stereocenters. The normalized spacial score (nSPS) is 18.0. The van der Waals surface area contributed by atoms with Crippen LogP contribution in [0.1, 0.15) is 24.8 Å². The van der Waals surface area contributed by atoms with Crippen molar-refractivity contribution in [1.82, 2.24) is 5.32 Å². The summed E-state index contributed by atoms with van der Waals surface area (Å²) in [4.78, 5) is 16.4. The van der Waals surface area contributed by atoms with Gasteiger partial charge in [0, 0.05) is 56.9 Å². The van der Waals surface area contributed by atoms with Crippen LogP contribution in [-0.4, -0.2) is 38.6 Å². The average Bonchev–Trinajstić information content (AvgIpc) is 2.57. The Morgan fingerprint density at radius 3 is 2.82 bits per heavy atom. The van der Waals surface area contributed by atoms with Crippen molar-refractivity contribution in [1.29, 1.82) is 5.26 Å². The molecule has 1 amide bonds. The van der Waals surface area contributed by atoms with Gasteiger partial charge in [0.25, 0.3) is 0 Å². The Kier molecular flexibility index (Phi) is 4.59. The number of benzene rings is 1. The fourth-order valence-electron chi connectivity index (χ4n) is 3.23. The Bertz CT molecular complexity index is 587. The molecule has 3 rings (SSSR count). The first-order valence-corrected chi connectivity index (χ1v) is 8.05. The standard InChI is InChI=1S/C17H22N4O/c18-7-1-2-10-21-16-5-4-15(20-11-8-19-9-12-20)13-14(16)3-6-17(21)22/h4-5,13,19H,1-3,6,8-12H2. The molecule has 1 saturated heterocycles. The number of amides is 1. The minimum atomic E-state index is 0.181. The molecule has 2 aliphatic rings. The first kappa shape index (κ1) is 14.9. The number of nitriles is 1. The lowest BCUT2D eigenvalue weighted by Crippen LogP contribution is -2.43. The highest BCUT2D eigenvalue weighted by atomic mass is 16.2. The van der Waals surface area contributed by atoms with Gasteiger partial charge in [-0.05, 0) is 36.6 Å².